The number of benzene rings is 3. The van der Waals surface area contributed by atoms with Crippen molar-refractivity contribution >= 4 is 51.0 Å². The van der Waals surface area contributed by atoms with Crippen molar-refractivity contribution in [3.8, 4) is 0 Å². The normalized spacial score (nSPS) is 17.4. The van der Waals surface area contributed by atoms with Crippen molar-refractivity contribution < 1.29 is 9.59 Å². The van der Waals surface area contributed by atoms with E-state index < -0.39 is 0 Å². The second kappa shape index (κ2) is 6.78. The van der Waals surface area contributed by atoms with Gasteiger partial charge in [0.05, 0.1) is 27.8 Å². The first-order valence-corrected chi connectivity index (χ1v) is 9.95. The van der Waals surface area contributed by atoms with Crippen LogP contribution in [0.15, 0.2) is 88.0 Å². The Morgan fingerprint density at radius 3 is 2.20 bits per heavy atom. The number of halogens is 1. The maximum atomic E-state index is 13.1. The van der Waals surface area contributed by atoms with Crippen molar-refractivity contribution in [1.82, 2.24) is 0 Å². The summed E-state index contributed by atoms with van der Waals surface area (Å²) in [4.78, 5) is 32.5. The number of hydrogen-bond acceptors (Lipinski definition) is 4. The van der Waals surface area contributed by atoms with Crippen LogP contribution in [0.4, 0.5) is 11.4 Å². The lowest BCUT2D eigenvalue weighted by molar-refractivity contribution is 0.0983. The summed E-state index contributed by atoms with van der Waals surface area (Å²) in [5.41, 5.74) is 4.18. The van der Waals surface area contributed by atoms with Crippen molar-refractivity contribution in [2.75, 3.05) is 11.9 Å². The molecule has 0 saturated carbocycles. The zero-order valence-electron chi connectivity index (χ0n) is 16.4. The molecule has 0 unspecified atom stereocenters. The van der Waals surface area contributed by atoms with Crippen LogP contribution in [0, 0.1) is 0 Å². The average Bonchev–Trinajstić information content (AvgIpc) is 2.76. The lowest BCUT2D eigenvalue weighted by Gasteiger charge is -2.29. The van der Waals surface area contributed by atoms with Gasteiger partial charge < -0.3 is 4.90 Å². The SMILES string of the molecule is CC1=Nc2cc3ccccc3cc2N(C)C1=CC1=C(Cl)C(=O)c2ccccc2C1=O. The number of nitrogens with zero attached hydrogens (tertiary/aromatic N) is 2. The Labute approximate surface area is 178 Å². The molecule has 2 aliphatic rings. The number of rotatable bonds is 1. The van der Waals surface area contributed by atoms with E-state index in [0.29, 0.717) is 11.1 Å². The van der Waals surface area contributed by atoms with Gasteiger partial charge in [0, 0.05) is 23.7 Å². The van der Waals surface area contributed by atoms with Gasteiger partial charge in [-0.15, -0.1) is 0 Å². The summed E-state index contributed by atoms with van der Waals surface area (Å²) < 4.78 is 0. The number of carbonyl (C=O) groups excluding carboxylic acids is 2. The fraction of sp³-hybridized carbons (Fsp3) is 0.0800. The van der Waals surface area contributed by atoms with E-state index in [0.717, 1.165) is 33.6 Å². The van der Waals surface area contributed by atoms with E-state index in [1.807, 2.05) is 31.0 Å². The molecule has 3 aromatic rings. The Balaban J connectivity index is 1.65. The lowest BCUT2D eigenvalue weighted by atomic mass is 9.88. The third-order valence-electron chi connectivity index (χ3n) is 5.60. The van der Waals surface area contributed by atoms with Crippen LogP contribution in [0.2, 0.25) is 0 Å². The van der Waals surface area contributed by atoms with E-state index >= 15 is 0 Å². The Hall–Kier alpha value is -3.50. The number of aliphatic imine (C=N–C) groups is 1. The molecule has 0 aromatic heterocycles. The molecule has 3 aromatic carbocycles. The van der Waals surface area contributed by atoms with Crippen LogP contribution in [-0.4, -0.2) is 24.3 Å². The summed E-state index contributed by atoms with van der Waals surface area (Å²) in [6.45, 7) is 1.89. The van der Waals surface area contributed by atoms with Gasteiger partial charge >= 0.3 is 0 Å². The van der Waals surface area contributed by atoms with E-state index in [1.165, 1.54) is 0 Å². The summed E-state index contributed by atoms with van der Waals surface area (Å²) in [6, 6.07) is 19.0. The smallest absolute Gasteiger partial charge is 0.205 e. The van der Waals surface area contributed by atoms with Crippen LogP contribution in [-0.2, 0) is 0 Å². The highest BCUT2D eigenvalue weighted by atomic mass is 35.5. The molecule has 1 heterocycles. The molecule has 1 aliphatic heterocycles. The molecular formula is C25H17ClN2O2. The molecule has 0 fully saturated rings. The van der Waals surface area contributed by atoms with Gasteiger partial charge in [-0.3, -0.25) is 9.59 Å². The minimum absolute atomic E-state index is 0.0586. The number of Topliss-reactive ketones (excluding diaryl/α,β-unsaturated/α-hetero) is 2. The minimum atomic E-state index is -0.335. The van der Waals surface area contributed by atoms with Gasteiger partial charge in [0.25, 0.3) is 0 Å². The van der Waals surface area contributed by atoms with E-state index in [9.17, 15) is 9.59 Å². The van der Waals surface area contributed by atoms with Gasteiger partial charge in [0.2, 0.25) is 5.78 Å². The van der Waals surface area contributed by atoms with Gasteiger partial charge in [0.1, 0.15) is 0 Å². The van der Waals surface area contributed by atoms with E-state index in [1.54, 1.807) is 30.3 Å². The molecule has 0 bridgehead atoms. The minimum Gasteiger partial charge on any atom is -0.341 e. The number of hydrogen-bond donors (Lipinski definition) is 0. The van der Waals surface area contributed by atoms with Crippen molar-refractivity contribution in [3.05, 3.63) is 94.2 Å². The highest BCUT2D eigenvalue weighted by Crippen LogP contribution is 2.39. The quantitative estimate of drug-likeness (QED) is 0.504. The average molecular weight is 413 g/mol. The van der Waals surface area contributed by atoms with E-state index in [4.69, 9.17) is 16.6 Å². The molecule has 0 radical (unpaired) electrons. The second-order valence-electron chi connectivity index (χ2n) is 7.41. The van der Waals surface area contributed by atoms with Crippen LogP contribution in [0.5, 0.6) is 0 Å². The van der Waals surface area contributed by atoms with Crippen LogP contribution < -0.4 is 4.90 Å². The van der Waals surface area contributed by atoms with Crippen molar-refractivity contribution in [2.45, 2.75) is 6.92 Å². The highest BCUT2D eigenvalue weighted by Gasteiger charge is 2.31. The number of fused-ring (bicyclic) bond motifs is 3. The third-order valence-corrected chi connectivity index (χ3v) is 5.98. The van der Waals surface area contributed by atoms with Gasteiger partial charge in [-0.1, -0.05) is 60.1 Å². The first-order valence-electron chi connectivity index (χ1n) is 9.58. The Morgan fingerprint density at radius 2 is 1.50 bits per heavy atom. The molecule has 0 saturated heterocycles. The second-order valence-corrected chi connectivity index (χ2v) is 7.78. The number of ketones is 2. The van der Waals surface area contributed by atoms with Crippen LogP contribution in [0.3, 0.4) is 0 Å². The molecule has 0 amide bonds. The molecule has 0 atom stereocenters. The van der Waals surface area contributed by atoms with E-state index in [-0.39, 0.29) is 22.2 Å². The maximum absolute atomic E-state index is 13.1. The number of anilines is 1. The largest absolute Gasteiger partial charge is 0.341 e. The first kappa shape index (κ1) is 18.5. The molecule has 1 aliphatic carbocycles. The molecule has 146 valence electrons. The zero-order valence-corrected chi connectivity index (χ0v) is 17.2. The summed E-state index contributed by atoms with van der Waals surface area (Å²) >= 11 is 6.35. The number of allylic oxidation sites excluding steroid dienone is 4. The summed E-state index contributed by atoms with van der Waals surface area (Å²) in [6.07, 6.45) is 1.68. The fourth-order valence-electron chi connectivity index (χ4n) is 4.02. The van der Waals surface area contributed by atoms with Crippen LogP contribution >= 0.6 is 11.6 Å². The van der Waals surface area contributed by atoms with Crippen molar-refractivity contribution in [1.29, 1.82) is 0 Å². The number of carbonyl (C=O) groups is 2. The molecule has 5 heteroatoms. The lowest BCUT2D eigenvalue weighted by Crippen LogP contribution is -2.26. The van der Waals surface area contributed by atoms with Crippen LogP contribution in [0.25, 0.3) is 10.8 Å². The van der Waals surface area contributed by atoms with Gasteiger partial charge in [-0.05, 0) is 35.9 Å². The van der Waals surface area contributed by atoms with Gasteiger partial charge in [-0.2, -0.15) is 0 Å². The van der Waals surface area contributed by atoms with E-state index in [2.05, 4.69) is 24.3 Å². The molecule has 0 spiro atoms. The Kier molecular flexibility index (Phi) is 4.19. The van der Waals surface area contributed by atoms with Crippen LogP contribution in [0.1, 0.15) is 27.6 Å². The van der Waals surface area contributed by atoms with Crippen molar-refractivity contribution in [2.24, 2.45) is 4.99 Å². The van der Waals surface area contributed by atoms with Crippen molar-refractivity contribution in [3.63, 3.8) is 0 Å². The predicted octanol–water partition coefficient (Wildman–Crippen LogP) is 5.84. The summed E-state index contributed by atoms with van der Waals surface area (Å²) in [7, 11) is 1.93. The third kappa shape index (κ3) is 2.72. The molecule has 5 rings (SSSR count). The maximum Gasteiger partial charge on any atom is 0.205 e. The molecule has 0 N–H and O–H groups in total. The first-order chi connectivity index (χ1) is 14.5. The molecule has 30 heavy (non-hydrogen) atoms. The Bertz CT molecular complexity index is 1360. The Morgan fingerprint density at radius 1 is 0.900 bits per heavy atom. The highest BCUT2D eigenvalue weighted by molar-refractivity contribution is 6.50. The monoisotopic (exact) mass is 412 g/mol. The summed E-state index contributed by atoms with van der Waals surface area (Å²) in [5.74, 6) is -0.591. The van der Waals surface area contributed by atoms with Gasteiger partial charge in [-0.25, -0.2) is 4.99 Å². The molecule has 4 nitrogen and oxygen atoms in total. The van der Waals surface area contributed by atoms with Gasteiger partial charge in [0.15, 0.2) is 5.78 Å². The standard InChI is InChI=1S/C25H17ClN2O2/c1-14-21(13-19-23(26)25(30)18-10-6-5-9-17(18)24(19)29)28(2)22-12-16-8-4-3-7-15(16)11-20(22)27-14/h3-13H,1-2H3. The fourth-order valence-corrected chi connectivity index (χ4v) is 4.26. The topological polar surface area (TPSA) is 49.7 Å². The summed E-state index contributed by atoms with van der Waals surface area (Å²) in [5, 5.41) is 2.16. The zero-order chi connectivity index (χ0) is 21.0. The molecular weight excluding hydrogens is 396 g/mol. The predicted molar refractivity (Wildman–Crippen MR) is 121 cm³/mol.